The van der Waals surface area contributed by atoms with E-state index in [0.717, 1.165) is 40.8 Å². The largest absolute Gasteiger partial charge is 0.368 e. The SMILES string of the molecule is CS(=O)(=O)Nc1ccc(CCNc2ncnc3ccsc23)cc1. The maximum absolute atomic E-state index is 11.2. The summed E-state index contributed by atoms with van der Waals surface area (Å²) in [4.78, 5) is 8.49. The number of thiophene rings is 1. The Balaban J connectivity index is 1.59. The van der Waals surface area contributed by atoms with Crippen LogP contribution in [0.15, 0.2) is 42.0 Å². The van der Waals surface area contributed by atoms with Crippen molar-refractivity contribution in [3.8, 4) is 0 Å². The number of anilines is 2. The van der Waals surface area contributed by atoms with Gasteiger partial charge >= 0.3 is 0 Å². The molecule has 120 valence electrons. The number of aromatic nitrogens is 2. The Labute approximate surface area is 138 Å². The van der Waals surface area contributed by atoms with E-state index in [9.17, 15) is 8.42 Å². The van der Waals surface area contributed by atoms with E-state index in [4.69, 9.17) is 0 Å². The van der Waals surface area contributed by atoms with Gasteiger partial charge < -0.3 is 5.32 Å². The fourth-order valence-electron chi connectivity index (χ4n) is 2.19. The van der Waals surface area contributed by atoms with Gasteiger partial charge in [-0.15, -0.1) is 11.3 Å². The van der Waals surface area contributed by atoms with Crippen LogP contribution in [0.5, 0.6) is 0 Å². The van der Waals surface area contributed by atoms with Crippen LogP contribution < -0.4 is 10.0 Å². The molecule has 6 nitrogen and oxygen atoms in total. The molecule has 2 heterocycles. The van der Waals surface area contributed by atoms with E-state index in [0.29, 0.717) is 5.69 Å². The van der Waals surface area contributed by atoms with Crippen LogP contribution in [-0.4, -0.2) is 31.2 Å². The third-order valence-electron chi connectivity index (χ3n) is 3.21. The van der Waals surface area contributed by atoms with Crippen molar-refractivity contribution in [2.45, 2.75) is 6.42 Å². The molecule has 0 amide bonds. The summed E-state index contributed by atoms with van der Waals surface area (Å²) in [5.74, 6) is 0.848. The van der Waals surface area contributed by atoms with Crippen LogP contribution in [0.25, 0.3) is 10.2 Å². The summed E-state index contributed by atoms with van der Waals surface area (Å²) in [6.07, 6.45) is 3.51. The number of nitrogens with zero attached hydrogens (tertiary/aromatic N) is 2. The van der Waals surface area contributed by atoms with Crippen molar-refractivity contribution in [3.05, 3.63) is 47.6 Å². The van der Waals surface area contributed by atoms with Gasteiger partial charge in [0, 0.05) is 12.2 Å². The zero-order valence-electron chi connectivity index (χ0n) is 12.5. The maximum atomic E-state index is 11.2. The molecule has 0 spiro atoms. The molecule has 2 aromatic heterocycles. The van der Waals surface area contributed by atoms with Crippen LogP contribution in [0.1, 0.15) is 5.56 Å². The molecule has 0 aliphatic rings. The average Bonchev–Trinajstić information content (AvgIpc) is 2.97. The van der Waals surface area contributed by atoms with E-state index in [-0.39, 0.29) is 0 Å². The Bertz CT molecular complexity index is 905. The highest BCUT2D eigenvalue weighted by molar-refractivity contribution is 7.92. The first kappa shape index (κ1) is 15.7. The molecule has 0 saturated heterocycles. The summed E-state index contributed by atoms with van der Waals surface area (Å²) in [5, 5.41) is 5.32. The summed E-state index contributed by atoms with van der Waals surface area (Å²) < 4.78 is 25.8. The van der Waals surface area contributed by atoms with E-state index in [1.165, 1.54) is 0 Å². The van der Waals surface area contributed by atoms with E-state index in [1.807, 2.05) is 23.6 Å². The Morgan fingerprint density at radius 2 is 1.91 bits per heavy atom. The Hall–Kier alpha value is -2.19. The fourth-order valence-corrected chi connectivity index (χ4v) is 3.57. The zero-order valence-corrected chi connectivity index (χ0v) is 14.1. The maximum Gasteiger partial charge on any atom is 0.229 e. The summed E-state index contributed by atoms with van der Waals surface area (Å²) in [6, 6.07) is 9.32. The zero-order chi connectivity index (χ0) is 16.3. The van der Waals surface area contributed by atoms with Gasteiger partial charge in [-0.2, -0.15) is 0 Å². The Morgan fingerprint density at radius 1 is 1.13 bits per heavy atom. The lowest BCUT2D eigenvalue weighted by Gasteiger charge is -2.08. The number of hydrogen-bond donors (Lipinski definition) is 2. The first-order valence-electron chi connectivity index (χ1n) is 7.00. The molecule has 0 bridgehead atoms. The van der Waals surface area contributed by atoms with Crippen molar-refractivity contribution in [1.82, 2.24) is 9.97 Å². The van der Waals surface area contributed by atoms with Gasteiger partial charge in [0.2, 0.25) is 10.0 Å². The predicted octanol–water partition coefficient (Wildman–Crippen LogP) is 2.72. The second-order valence-electron chi connectivity index (χ2n) is 5.11. The highest BCUT2D eigenvalue weighted by Gasteiger charge is 2.05. The van der Waals surface area contributed by atoms with Gasteiger partial charge in [0.25, 0.3) is 0 Å². The molecule has 1 aromatic carbocycles. The number of sulfonamides is 1. The molecule has 0 unspecified atom stereocenters. The van der Waals surface area contributed by atoms with Crippen LogP contribution in [0.4, 0.5) is 11.5 Å². The normalized spacial score (nSPS) is 11.5. The molecular formula is C15H16N4O2S2. The number of fused-ring (bicyclic) bond motifs is 1. The third-order valence-corrected chi connectivity index (χ3v) is 4.72. The smallest absolute Gasteiger partial charge is 0.229 e. The molecule has 8 heteroatoms. The minimum Gasteiger partial charge on any atom is -0.368 e. The van der Waals surface area contributed by atoms with E-state index < -0.39 is 10.0 Å². The van der Waals surface area contributed by atoms with Crippen molar-refractivity contribution in [2.24, 2.45) is 0 Å². The second kappa shape index (κ2) is 6.51. The van der Waals surface area contributed by atoms with Crippen LogP contribution in [-0.2, 0) is 16.4 Å². The van der Waals surface area contributed by atoms with Gasteiger partial charge in [0.15, 0.2) is 0 Å². The number of hydrogen-bond acceptors (Lipinski definition) is 6. The minimum absolute atomic E-state index is 0.570. The molecule has 23 heavy (non-hydrogen) atoms. The van der Waals surface area contributed by atoms with E-state index >= 15 is 0 Å². The molecule has 0 fully saturated rings. The second-order valence-corrected chi connectivity index (χ2v) is 7.77. The minimum atomic E-state index is -3.23. The van der Waals surface area contributed by atoms with Crippen molar-refractivity contribution >= 4 is 43.1 Å². The lowest BCUT2D eigenvalue weighted by Crippen LogP contribution is -2.10. The standard InChI is InChI=1S/C15H16N4O2S2/c1-23(20,21)19-12-4-2-11(3-5-12)6-8-16-15-14-13(7-9-22-14)17-10-18-15/h2-5,7,9-10,19H,6,8H2,1H3,(H,16,17,18). The summed E-state index contributed by atoms with van der Waals surface area (Å²) in [7, 11) is -3.23. The summed E-state index contributed by atoms with van der Waals surface area (Å²) >= 11 is 1.61. The molecule has 2 N–H and O–H groups in total. The topological polar surface area (TPSA) is 84.0 Å². The Kier molecular flexibility index (Phi) is 4.44. The van der Waals surface area contributed by atoms with Crippen LogP contribution >= 0.6 is 11.3 Å². The van der Waals surface area contributed by atoms with Crippen molar-refractivity contribution in [3.63, 3.8) is 0 Å². The molecular weight excluding hydrogens is 332 g/mol. The van der Waals surface area contributed by atoms with Crippen LogP contribution in [0, 0.1) is 0 Å². The molecule has 0 atom stereocenters. The first-order chi connectivity index (χ1) is 11.0. The number of benzene rings is 1. The van der Waals surface area contributed by atoms with Crippen molar-refractivity contribution in [1.29, 1.82) is 0 Å². The third kappa shape index (κ3) is 4.17. The molecule has 3 rings (SSSR count). The monoisotopic (exact) mass is 348 g/mol. The van der Waals surface area contributed by atoms with Crippen LogP contribution in [0.3, 0.4) is 0 Å². The van der Waals surface area contributed by atoms with Crippen LogP contribution in [0.2, 0.25) is 0 Å². The van der Waals surface area contributed by atoms with Gasteiger partial charge in [0.1, 0.15) is 12.1 Å². The highest BCUT2D eigenvalue weighted by Crippen LogP contribution is 2.24. The predicted molar refractivity (Wildman–Crippen MR) is 94.5 cm³/mol. The molecule has 3 aromatic rings. The fraction of sp³-hybridized carbons (Fsp3) is 0.200. The van der Waals surface area contributed by atoms with Gasteiger partial charge in [-0.1, -0.05) is 12.1 Å². The van der Waals surface area contributed by atoms with Gasteiger partial charge in [-0.25, -0.2) is 18.4 Å². The van der Waals surface area contributed by atoms with E-state index in [1.54, 1.807) is 29.8 Å². The number of nitrogens with one attached hydrogen (secondary N) is 2. The van der Waals surface area contributed by atoms with Gasteiger partial charge in [-0.05, 0) is 35.6 Å². The molecule has 0 radical (unpaired) electrons. The molecule has 0 aliphatic carbocycles. The van der Waals surface area contributed by atoms with Crippen molar-refractivity contribution < 1.29 is 8.42 Å². The van der Waals surface area contributed by atoms with E-state index in [2.05, 4.69) is 20.0 Å². The van der Waals surface area contributed by atoms with Gasteiger partial charge in [0.05, 0.1) is 16.5 Å². The Morgan fingerprint density at radius 3 is 2.65 bits per heavy atom. The summed E-state index contributed by atoms with van der Waals surface area (Å²) in [5.41, 5.74) is 2.64. The number of rotatable bonds is 6. The van der Waals surface area contributed by atoms with Gasteiger partial charge in [-0.3, -0.25) is 4.72 Å². The lowest BCUT2D eigenvalue weighted by atomic mass is 10.1. The average molecular weight is 348 g/mol. The molecule has 0 aliphatic heterocycles. The molecule has 0 saturated carbocycles. The van der Waals surface area contributed by atoms with Crippen molar-refractivity contribution in [2.75, 3.05) is 22.8 Å². The quantitative estimate of drug-likeness (QED) is 0.715. The highest BCUT2D eigenvalue weighted by atomic mass is 32.2. The lowest BCUT2D eigenvalue weighted by molar-refractivity contribution is 0.607. The first-order valence-corrected chi connectivity index (χ1v) is 9.77. The summed E-state index contributed by atoms with van der Waals surface area (Å²) in [6.45, 7) is 0.739.